The zero-order chi connectivity index (χ0) is 23.9. The van der Waals surface area contributed by atoms with E-state index < -0.39 is 6.10 Å². The molecule has 1 atom stereocenters. The molecule has 3 aromatic rings. The van der Waals surface area contributed by atoms with E-state index in [4.69, 9.17) is 14.2 Å². The summed E-state index contributed by atoms with van der Waals surface area (Å²) < 4.78 is 16.3. The van der Waals surface area contributed by atoms with Crippen LogP contribution in [0, 0.1) is 0 Å². The summed E-state index contributed by atoms with van der Waals surface area (Å²) in [6.45, 7) is 2.41. The van der Waals surface area contributed by atoms with Gasteiger partial charge in [0.2, 0.25) is 6.79 Å². The third kappa shape index (κ3) is 5.84. The van der Waals surface area contributed by atoms with Crippen LogP contribution in [0.2, 0.25) is 0 Å². The molecule has 176 valence electrons. The normalized spacial score (nSPS) is 12.5. The van der Waals surface area contributed by atoms with Gasteiger partial charge in [0.15, 0.2) is 17.6 Å². The molecule has 0 fully saturated rings. The highest BCUT2D eigenvalue weighted by atomic mass is 32.1. The minimum Gasteiger partial charge on any atom is -0.481 e. The molecule has 10 heteroatoms. The zero-order valence-electron chi connectivity index (χ0n) is 18.3. The van der Waals surface area contributed by atoms with Gasteiger partial charge >= 0.3 is 0 Å². The molecule has 9 nitrogen and oxygen atoms in total. The number of hydrogen-bond donors (Lipinski definition) is 3. The zero-order valence-corrected chi connectivity index (χ0v) is 19.1. The largest absolute Gasteiger partial charge is 0.481 e. The lowest BCUT2D eigenvalue weighted by atomic mass is 10.2. The van der Waals surface area contributed by atoms with E-state index in [2.05, 4.69) is 16.0 Å². The first kappa shape index (κ1) is 23.1. The predicted molar refractivity (Wildman–Crippen MR) is 127 cm³/mol. The van der Waals surface area contributed by atoms with Crippen molar-refractivity contribution in [2.75, 3.05) is 25.2 Å². The Balaban J connectivity index is 1.21. The fraction of sp³-hybridized carbons (Fsp3) is 0.208. The molecule has 0 spiro atoms. The molecule has 0 saturated heterocycles. The molecule has 2 aromatic carbocycles. The van der Waals surface area contributed by atoms with Crippen LogP contribution in [0.25, 0.3) is 0 Å². The van der Waals surface area contributed by atoms with Crippen molar-refractivity contribution in [3.05, 3.63) is 70.4 Å². The Morgan fingerprint density at radius 3 is 2.44 bits per heavy atom. The second-order valence-electron chi connectivity index (χ2n) is 7.33. The van der Waals surface area contributed by atoms with Crippen molar-refractivity contribution in [2.45, 2.75) is 13.0 Å². The summed E-state index contributed by atoms with van der Waals surface area (Å²) in [7, 11) is 0. The molecule has 0 saturated carbocycles. The van der Waals surface area contributed by atoms with Crippen LogP contribution in [-0.2, 0) is 4.79 Å². The first-order chi connectivity index (χ1) is 16.5. The van der Waals surface area contributed by atoms with E-state index in [0.29, 0.717) is 46.5 Å². The summed E-state index contributed by atoms with van der Waals surface area (Å²) in [6, 6.07) is 15.1. The topological polar surface area (TPSA) is 115 Å². The number of nitrogens with one attached hydrogen (secondary N) is 3. The van der Waals surface area contributed by atoms with Crippen molar-refractivity contribution in [1.29, 1.82) is 0 Å². The smallest absolute Gasteiger partial charge is 0.265 e. The summed E-state index contributed by atoms with van der Waals surface area (Å²) in [5, 5.41) is 10.1. The number of thiophene rings is 1. The van der Waals surface area contributed by atoms with Gasteiger partial charge in [0.1, 0.15) is 5.75 Å². The van der Waals surface area contributed by atoms with E-state index in [9.17, 15) is 14.4 Å². The fourth-order valence-corrected chi connectivity index (χ4v) is 3.75. The Kier molecular flexibility index (Phi) is 7.28. The van der Waals surface area contributed by atoms with Crippen LogP contribution in [-0.4, -0.2) is 43.7 Å². The lowest BCUT2D eigenvalue weighted by Gasteiger charge is -2.15. The van der Waals surface area contributed by atoms with Crippen LogP contribution in [0.15, 0.2) is 60.0 Å². The van der Waals surface area contributed by atoms with Gasteiger partial charge in [0, 0.05) is 30.4 Å². The Morgan fingerprint density at radius 1 is 0.971 bits per heavy atom. The Bertz CT molecular complexity index is 1160. The second-order valence-corrected chi connectivity index (χ2v) is 8.28. The van der Waals surface area contributed by atoms with Crippen LogP contribution in [0.4, 0.5) is 5.69 Å². The van der Waals surface area contributed by atoms with Crippen molar-refractivity contribution >= 4 is 34.7 Å². The number of rotatable bonds is 9. The fourth-order valence-electron chi connectivity index (χ4n) is 3.11. The van der Waals surface area contributed by atoms with Crippen LogP contribution < -0.4 is 30.2 Å². The van der Waals surface area contributed by atoms with E-state index in [-0.39, 0.29) is 24.5 Å². The maximum Gasteiger partial charge on any atom is 0.265 e. The van der Waals surface area contributed by atoms with Gasteiger partial charge in [-0.25, -0.2) is 0 Å². The molecular weight excluding hydrogens is 458 g/mol. The molecule has 0 aliphatic carbocycles. The monoisotopic (exact) mass is 481 g/mol. The van der Waals surface area contributed by atoms with E-state index in [1.807, 2.05) is 5.38 Å². The number of carbonyl (C=O) groups excluding carboxylic acids is 3. The molecule has 4 rings (SSSR count). The van der Waals surface area contributed by atoms with E-state index in [1.165, 1.54) is 11.3 Å². The summed E-state index contributed by atoms with van der Waals surface area (Å²) >= 11 is 1.36. The molecular formula is C24H23N3O6S. The maximum absolute atomic E-state index is 12.5. The molecule has 0 radical (unpaired) electrons. The second kappa shape index (κ2) is 10.7. The standard InChI is InChI=1S/C24H23N3O6S/c1-15(33-18-8-9-19-20(13-18)32-14-31-19)22(28)27-17-6-4-16(5-7-17)23(29)25-10-11-26-24(30)21-3-2-12-34-21/h2-9,12-13,15H,10-11,14H2,1H3,(H,25,29)(H,26,30)(H,27,28). The number of hydrogen-bond acceptors (Lipinski definition) is 7. The molecule has 1 unspecified atom stereocenters. The summed E-state index contributed by atoms with van der Waals surface area (Å²) in [6.07, 6.45) is -0.757. The van der Waals surface area contributed by atoms with Crippen molar-refractivity contribution in [1.82, 2.24) is 10.6 Å². The minimum atomic E-state index is -0.757. The first-order valence-electron chi connectivity index (χ1n) is 10.6. The van der Waals surface area contributed by atoms with Crippen LogP contribution in [0.5, 0.6) is 17.2 Å². The van der Waals surface area contributed by atoms with Crippen molar-refractivity contribution in [2.24, 2.45) is 0 Å². The highest BCUT2D eigenvalue weighted by Crippen LogP contribution is 2.35. The van der Waals surface area contributed by atoms with Crippen molar-refractivity contribution in [3.8, 4) is 17.2 Å². The third-order valence-corrected chi connectivity index (χ3v) is 5.75. The molecule has 1 aliphatic rings. The Hall–Kier alpha value is -4.05. The van der Waals surface area contributed by atoms with Gasteiger partial charge in [0.25, 0.3) is 17.7 Å². The number of carbonyl (C=O) groups is 3. The molecule has 34 heavy (non-hydrogen) atoms. The molecule has 3 amide bonds. The molecule has 3 N–H and O–H groups in total. The van der Waals surface area contributed by atoms with Gasteiger partial charge in [0.05, 0.1) is 4.88 Å². The lowest BCUT2D eigenvalue weighted by molar-refractivity contribution is -0.122. The number of anilines is 1. The van der Waals surface area contributed by atoms with Crippen molar-refractivity contribution in [3.63, 3.8) is 0 Å². The summed E-state index contributed by atoms with van der Waals surface area (Å²) in [4.78, 5) is 37.3. The molecule has 0 bridgehead atoms. The van der Waals surface area contributed by atoms with Crippen molar-refractivity contribution < 1.29 is 28.6 Å². The summed E-state index contributed by atoms with van der Waals surface area (Å²) in [5.41, 5.74) is 0.970. The third-order valence-electron chi connectivity index (χ3n) is 4.88. The van der Waals surface area contributed by atoms with Gasteiger partial charge in [-0.05, 0) is 54.8 Å². The highest BCUT2D eigenvalue weighted by molar-refractivity contribution is 7.12. The number of benzene rings is 2. The van der Waals surface area contributed by atoms with Crippen LogP contribution in [0.1, 0.15) is 27.0 Å². The average molecular weight is 482 g/mol. The van der Waals surface area contributed by atoms with E-state index in [0.717, 1.165) is 0 Å². The molecule has 1 aliphatic heterocycles. The maximum atomic E-state index is 12.5. The SMILES string of the molecule is CC(Oc1ccc2c(c1)OCO2)C(=O)Nc1ccc(C(=O)NCCNC(=O)c2cccs2)cc1. The van der Waals surface area contributed by atoms with Crippen LogP contribution >= 0.6 is 11.3 Å². The average Bonchev–Trinajstić information content (AvgIpc) is 3.54. The molecule has 2 heterocycles. The van der Waals surface area contributed by atoms with Gasteiger partial charge in [-0.1, -0.05) is 6.07 Å². The van der Waals surface area contributed by atoms with E-state index >= 15 is 0 Å². The van der Waals surface area contributed by atoms with Gasteiger partial charge in [-0.2, -0.15) is 0 Å². The lowest BCUT2D eigenvalue weighted by Crippen LogP contribution is -2.34. The van der Waals surface area contributed by atoms with Gasteiger partial charge in [-0.3, -0.25) is 14.4 Å². The van der Waals surface area contributed by atoms with Gasteiger partial charge in [-0.15, -0.1) is 11.3 Å². The number of ether oxygens (including phenoxy) is 3. The number of fused-ring (bicyclic) bond motifs is 1. The molecule has 1 aromatic heterocycles. The van der Waals surface area contributed by atoms with E-state index in [1.54, 1.807) is 61.5 Å². The first-order valence-corrected chi connectivity index (χ1v) is 11.4. The predicted octanol–water partition coefficient (Wildman–Crippen LogP) is 3.04. The Morgan fingerprint density at radius 2 is 1.71 bits per heavy atom. The quantitative estimate of drug-likeness (QED) is 0.405. The minimum absolute atomic E-state index is 0.162. The Labute approximate surface area is 200 Å². The highest BCUT2D eigenvalue weighted by Gasteiger charge is 2.18. The van der Waals surface area contributed by atoms with Gasteiger partial charge < -0.3 is 30.2 Å². The number of amides is 3. The van der Waals surface area contributed by atoms with Crippen LogP contribution in [0.3, 0.4) is 0 Å². The summed E-state index contributed by atoms with van der Waals surface area (Å²) in [5.74, 6) is 0.922.